The number of rotatable bonds is 6. The lowest BCUT2D eigenvalue weighted by Crippen LogP contribution is -2.40. The summed E-state index contributed by atoms with van der Waals surface area (Å²) in [5.41, 5.74) is 1.10. The van der Waals surface area contributed by atoms with E-state index in [1.165, 1.54) is 0 Å². The van der Waals surface area contributed by atoms with Gasteiger partial charge in [0.25, 0.3) is 0 Å². The number of guanidine groups is 1. The monoisotopic (exact) mass is 311 g/mol. The van der Waals surface area contributed by atoms with Crippen LogP contribution in [0.5, 0.6) is 0 Å². The topological polar surface area (TPSA) is 69.6 Å². The van der Waals surface area contributed by atoms with Gasteiger partial charge in [-0.2, -0.15) is 0 Å². The molecule has 0 saturated carbocycles. The fourth-order valence-corrected chi connectivity index (χ4v) is 1.72. The second kappa shape index (κ2) is 9.18. The number of nitrogens with zero attached hydrogens (tertiary/aromatic N) is 3. The molecule has 0 radical (unpaired) electrons. The first-order chi connectivity index (χ1) is 10.0. The molecule has 0 spiro atoms. The van der Waals surface area contributed by atoms with Crippen molar-refractivity contribution in [2.75, 3.05) is 34.2 Å². The molecule has 116 valence electrons. The smallest absolute Gasteiger partial charge is 0.223 e. The molecule has 6 nitrogen and oxygen atoms in total. The fourth-order valence-electron chi connectivity index (χ4n) is 1.61. The van der Waals surface area contributed by atoms with Crippen molar-refractivity contribution >= 4 is 23.5 Å². The van der Waals surface area contributed by atoms with Gasteiger partial charge in [0.15, 0.2) is 5.96 Å². The molecule has 0 aromatic carbocycles. The van der Waals surface area contributed by atoms with E-state index in [-0.39, 0.29) is 5.91 Å². The quantitative estimate of drug-likeness (QED) is 0.466. The van der Waals surface area contributed by atoms with E-state index in [4.69, 9.17) is 11.6 Å². The Bertz CT molecular complexity index is 473. The first-order valence-corrected chi connectivity index (χ1v) is 7.16. The molecule has 0 saturated heterocycles. The summed E-state index contributed by atoms with van der Waals surface area (Å²) in [6.45, 7) is 1.28. The molecule has 1 aromatic heterocycles. The average Bonchev–Trinajstić information content (AvgIpc) is 2.47. The minimum Gasteiger partial charge on any atom is -0.356 e. The summed E-state index contributed by atoms with van der Waals surface area (Å²) in [4.78, 5) is 21.2. The van der Waals surface area contributed by atoms with E-state index in [1.54, 1.807) is 38.3 Å². The van der Waals surface area contributed by atoms with Crippen LogP contribution in [-0.2, 0) is 11.2 Å². The van der Waals surface area contributed by atoms with Gasteiger partial charge in [-0.15, -0.1) is 0 Å². The molecule has 0 bridgehead atoms. The van der Waals surface area contributed by atoms with Crippen LogP contribution in [0.25, 0.3) is 0 Å². The van der Waals surface area contributed by atoms with Crippen LogP contribution in [0.1, 0.15) is 12.0 Å². The highest BCUT2D eigenvalue weighted by atomic mass is 35.5. The number of hydrogen-bond acceptors (Lipinski definition) is 3. The highest BCUT2D eigenvalue weighted by Gasteiger charge is 2.04. The molecule has 1 rings (SSSR count). The van der Waals surface area contributed by atoms with E-state index >= 15 is 0 Å². The van der Waals surface area contributed by atoms with Crippen molar-refractivity contribution < 1.29 is 4.79 Å². The van der Waals surface area contributed by atoms with Crippen LogP contribution < -0.4 is 10.6 Å². The second-order valence-electron chi connectivity index (χ2n) is 4.70. The number of carbonyl (C=O) groups excluding carboxylic acids is 1. The summed E-state index contributed by atoms with van der Waals surface area (Å²) in [5.74, 6) is 0.772. The van der Waals surface area contributed by atoms with E-state index in [0.717, 1.165) is 18.5 Å². The molecule has 0 atom stereocenters. The zero-order chi connectivity index (χ0) is 15.7. The lowest BCUT2D eigenvalue weighted by atomic mass is 10.2. The maximum absolute atomic E-state index is 11.4. The van der Waals surface area contributed by atoms with Crippen LogP contribution in [0.4, 0.5) is 0 Å². The van der Waals surface area contributed by atoms with E-state index in [0.29, 0.717) is 24.1 Å². The van der Waals surface area contributed by atoms with Gasteiger partial charge in [-0.25, -0.2) is 4.98 Å². The third kappa shape index (κ3) is 6.94. The minimum absolute atomic E-state index is 0.0881. The molecule has 0 unspecified atom stereocenters. The Balaban J connectivity index is 2.25. The van der Waals surface area contributed by atoms with E-state index in [2.05, 4.69) is 20.6 Å². The van der Waals surface area contributed by atoms with Crippen molar-refractivity contribution in [2.24, 2.45) is 4.99 Å². The maximum atomic E-state index is 11.4. The first-order valence-electron chi connectivity index (χ1n) is 6.78. The number of halogens is 1. The summed E-state index contributed by atoms with van der Waals surface area (Å²) in [6.07, 6.45) is 3.02. The zero-order valence-corrected chi connectivity index (χ0v) is 13.4. The largest absolute Gasteiger partial charge is 0.356 e. The highest BCUT2D eigenvalue weighted by Crippen LogP contribution is 2.05. The maximum Gasteiger partial charge on any atom is 0.223 e. The predicted molar refractivity (Wildman–Crippen MR) is 85.6 cm³/mol. The second-order valence-corrected chi connectivity index (χ2v) is 5.09. The molecule has 0 aliphatic heterocycles. The number of hydrogen-bond donors (Lipinski definition) is 2. The normalized spacial score (nSPS) is 11.1. The van der Waals surface area contributed by atoms with Crippen molar-refractivity contribution in [1.82, 2.24) is 20.5 Å². The van der Waals surface area contributed by atoms with Gasteiger partial charge in [-0.1, -0.05) is 17.7 Å². The molecule has 1 heterocycles. The molecular weight excluding hydrogens is 290 g/mol. The van der Waals surface area contributed by atoms with Gasteiger partial charge < -0.3 is 15.5 Å². The summed E-state index contributed by atoms with van der Waals surface area (Å²) in [6, 6.07) is 3.72. The third-order valence-electron chi connectivity index (χ3n) is 2.85. The van der Waals surface area contributed by atoms with Crippen LogP contribution in [-0.4, -0.2) is 56.0 Å². The van der Waals surface area contributed by atoms with Crippen molar-refractivity contribution in [1.29, 1.82) is 0 Å². The Morgan fingerprint density at radius 3 is 2.62 bits per heavy atom. The standard InChI is InChI=1S/C14H22ClN5O/c1-16-14(18-9-7-13(21)20(2)3)17-8-6-11-4-5-12(15)19-10-11/h4-5,10H,6-9H2,1-3H3,(H2,16,17,18). The van der Waals surface area contributed by atoms with Crippen molar-refractivity contribution in [3.63, 3.8) is 0 Å². The lowest BCUT2D eigenvalue weighted by molar-refractivity contribution is -0.128. The Hall–Kier alpha value is -1.82. The summed E-state index contributed by atoms with van der Waals surface area (Å²) in [7, 11) is 5.19. The molecule has 1 amide bonds. The average molecular weight is 312 g/mol. The van der Waals surface area contributed by atoms with Gasteiger partial charge >= 0.3 is 0 Å². The SMILES string of the molecule is CN=C(NCCC(=O)N(C)C)NCCc1ccc(Cl)nc1. The molecule has 1 aromatic rings. The number of aromatic nitrogens is 1. The Morgan fingerprint density at radius 2 is 2.05 bits per heavy atom. The van der Waals surface area contributed by atoms with Crippen LogP contribution in [0, 0.1) is 0 Å². The van der Waals surface area contributed by atoms with Crippen LogP contribution in [0.3, 0.4) is 0 Å². The molecular formula is C14H22ClN5O. The molecule has 0 fully saturated rings. The van der Waals surface area contributed by atoms with Crippen LogP contribution in [0.2, 0.25) is 5.15 Å². The van der Waals surface area contributed by atoms with Crippen LogP contribution >= 0.6 is 11.6 Å². The van der Waals surface area contributed by atoms with Gasteiger partial charge in [0.05, 0.1) is 0 Å². The Kier molecular flexibility index (Phi) is 7.53. The van der Waals surface area contributed by atoms with Crippen molar-refractivity contribution in [3.05, 3.63) is 29.0 Å². The lowest BCUT2D eigenvalue weighted by Gasteiger charge is -2.13. The van der Waals surface area contributed by atoms with E-state index < -0.39 is 0 Å². The molecule has 2 N–H and O–H groups in total. The van der Waals surface area contributed by atoms with E-state index in [1.807, 2.05) is 6.07 Å². The summed E-state index contributed by atoms with van der Waals surface area (Å²) < 4.78 is 0. The Morgan fingerprint density at radius 1 is 1.33 bits per heavy atom. The third-order valence-corrected chi connectivity index (χ3v) is 3.07. The number of nitrogens with one attached hydrogen (secondary N) is 2. The fraction of sp³-hybridized carbons (Fsp3) is 0.500. The number of pyridine rings is 1. The van der Waals surface area contributed by atoms with Gasteiger partial charge in [-0.05, 0) is 18.1 Å². The minimum atomic E-state index is 0.0881. The van der Waals surface area contributed by atoms with Crippen molar-refractivity contribution in [2.45, 2.75) is 12.8 Å². The number of amides is 1. The molecule has 0 aliphatic carbocycles. The highest BCUT2D eigenvalue weighted by molar-refractivity contribution is 6.29. The zero-order valence-electron chi connectivity index (χ0n) is 12.7. The predicted octanol–water partition coefficient (Wildman–Crippen LogP) is 0.921. The number of aliphatic imine (C=N–C) groups is 1. The molecule has 21 heavy (non-hydrogen) atoms. The summed E-state index contributed by atoms with van der Waals surface area (Å²) >= 11 is 5.74. The van der Waals surface area contributed by atoms with Gasteiger partial charge in [0, 0.05) is 46.9 Å². The molecule has 0 aliphatic rings. The number of carbonyl (C=O) groups is 1. The first kappa shape index (κ1) is 17.2. The summed E-state index contributed by atoms with van der Waals surface area (Å²) in [5, 5.41) is 6.79. The van der Waals surface area contributed by atoms with Gasteiger partial charge in [-0.3, -0.25) is 9.79 Å². The van der Waals surface area contributed by atoms with Gasteiger partial charge in [0.2, 0.25) is 5.91 Å². The molecule has 7 heteroatoms. The Labute approximate surface area is 130 Å². The van der Waals surface area contributed by atoms with E-state index in [9.17, 15) is 4.79 Å². The van der Waals surface area contributed by atoms with Gasteiger partial charge in [0.1, 0.15) is 5.15 Å². The van der Waals surface area contributed by atoms with Crippen LogP contribution in [0.15, 0.2) is 23.3 Å². The van der Waals surface area contributed by atoms with Crippen molar-refractivity contribution in [3.8, 4) is 0 Å².